The van der Waals surface area contributed by atoms with E-state index in [0.29, 0.717) is 5.92 Å². The van der Waals surface area contributed by atoms with Crippen LogP contribution < -0.4 is 0 Å². The Bertz CT molecular complexity index is 320. The summed E-state index contributed by atoms with van der Waals surface area (Å²) in [4.78, 5) is 0. The number of rotatable bonds is 3. The minimum Gasteiger partial charge on any atom is -0.176 e. The van der Waals surface area contributed by atoms with Crippen molar-refractivity contribution in [1.29, 1.82) is 0 Å². The Kier molecular flexibility index (Phi) is 2.86. The van der Waals surface area contributed by atoms with Gasteiger partial charge in [0.15, 0.2) is 0 Å². The van der Waals surface area contributed by atoms with Crippen molar-refractivity contribution >= 4 is 26.0 Å². The van der Waals surface area contributed by atoms with Gasteiger partial charge in [-0.3, -0.25) is 0 Å². The summed E-state index contributed by atoms with van der Waals surface area (Å²) in [5.41, 5.74) is 2.88. The molecular formula is C11H13ClSi. The van der Waals surface area contributed by atoms with Crippen LogP contribution in [-0.4, -0.2) is 8.83 Å². The average Bonchev–Trinajstić information content (AvgIpc) is 2.58. The van der Waals surface area contributed by atoms with Crippen LogP contribution in [0.3, 0.4) is 0 Å². The number of allylic oxidation sites excluding steroid dienone is 1. The van der Waals surface area contributed by atoms with Crippen LogP contribution >= 0.6 is 11.1 Å². The van der Waals surface area contributed by atoms with Crippen LogP contribution in [0.15, 0.2) is 30.3 Å². The van der Waals surface area contributed by atoms with Crippen LogP contribution in [0.2, 0.25) is 6.04 Å². The minimum absolute atomic E-state index is 0.282. The third-order valence-electron chi connectivity index (χ3n) is 2.55. The first-order valence-corrected chi connectivity index (χ1v) is 7.88. The molecule has 0 aliphatic heterocycles. The van der Waals surface area contributed by atoms with E-state index >= 15 is 0 Å². The third-order valence-corrected chi connectivity index (χ3v) is 4.03. The smallest absolute Gasteiger partial charge is 0.125 e. The highest BCUT2D eigenvalue weighted by atomic mass is 35.6. The van der Waals surface area contributed by atoms with Gasteiger partial charge in [-0.15, -0.1) is 0 Å². The molecule has 0 saturated heterocycles. The summed E-state index contributed by atoms with van der Waals surface area (Å²) in [6.45, 7) is 0. The Morgan fingerprint density at radius 2 is 2.15 bits per heavy atom. The van der Waals surface area contributed by atoms with Gasteiger partial charge in [0, 0.05) is 5.92 Å². The van der Waals surface area contributed by atoms with E-state index in [0.717, 1.165) is 0 Å². The van der Waals surface area contributed by atoms with Gasteiger partial charge in [-0.2, -0.15) is 11.1 Å². The van der Waals surface area contributed by atoms with Crippen molar-refractivity contribution in [3.8, 4) is 0 Å². The van der Waals surface area contributed by atoms with Crippen molar-refractivity contribution in [3.63, 3.8) is 0 Å². The summed E-state index contributed by atoms with van der Waals surface area (Å²) in [6, 6.07) is 9.88. The van der Waals surface area contributed by atoms with E-state index in [4.69, 9.17) is 11.1 Å². The molecule has 1 aromatic carbocycles. The highest BCUT2D eigenvalue weighted by molar-refractivity contribution is 6.93. The summed E-state index contributed by atoms with van der Waals surface area (Å²) in [5.74, 6) is 0.641. The summed E-state index contributed by atoms with van der Waals surface area (Å²) in [6.07, 6.45) is 5.78. The lowest BCUT2D eigenvalue weighted by atomic mass is 9.99. The molecule has 0 heterocycles. The van der Waals surface area contributed by atoms with E-state index < -0.39 is 0 Å². The molecule has 0 amide bonds. The molecule has 68 valence electrons. The molecule has 2 rings (SSSR count). The number of hydrogen-bond donors (Lipinski definition) is 0. The molecule has 1 aromatic rings. The monoisotopic (exact) mass is 208 g/mol. The Morgan fingerprint density at radius 3 is 3.00 bits per heavy atom. The van der Waals surface area contributed by atoms with Gasteiger partial charge < -0.3 is 0 Å². The highest BCUT2D eigenvalue weighted by Gasteiger charge is 2.15. The molecule has 0 spiro atoms. The lowest BCUT2D eigenvalue weighted by Crippen LogP contribution is -1.93. The molecule has 1 unspecified atom stereocenters. The number of hydrogen-bond acceptors (Lipinski definition) is 0. The van der Waals surface area contributed by atoms with Gasteiger partial charge in [-0.1, -0.05) is 36.4 Å². The Morgan fingerprint density at radius 1 is 1.31 bits per heavy atom. The Labute approximate surface area is 86.1 Å². The molecule has 1 atom stereocenters. The normalized spacial score (nSPS) is 19.9. The molecule has 0 radical (unpaired) electrons. The molecule has 0 N–H and O–H groups in total. The predicted octanol–water partition coefficient (Wildman–Crippen LogP) is 2.93. The fraction of sp³-hybridized carbons (Fsp3) is 0.273. The van der Waals surface area contributed by atoms with E-state index in [2.05, 4.69) is 36.4 Å². The van der Waals surface area contributed by atoms with Gasteiger partial charge in [-0.05, 0) is 23.6 Å². The molecule has 0 aromatic heterocycles. The zero-order chi connectivity index (χ0) is 9.10. The molecule has 0 saturated carbocycles. The van der Waals surface area contributed by atoms with E-state index in [1.165, 1.54) is 23.6 Å². The standard InChI is InChI=1S/C11H13ClSi/c12-13-8-7-10-6-5-9-3-1-2-4-11(9)10/h1-6,10H,7-8,13H2. The first-order valence-electron chi connectivity index (χ1n) is 4.75. The molecule has 0 nitrogen and oxygen atoms in total. The second kappa shape index (κ2) is 4.12. The quantitative estimate of drug-likeness (QED) is 0.530. The van der Waals surface area contributed by atoms with E-state index in [9.17, 15) is 0 Å². The van der Waals surface area contributed by atoms with Crippen LogP contribution in [0, 0.1) is 0 Å². The lowest BCUT2D eigenvalue weighted by molar-refractivity contribution is 0.816. The maximum Gasteiger partial charge on any atom is 0.125 e. The van der Waals surface area contributed by atoms with Crippen LogP contribution in [0.4, 0.5) is 0 Å². The Hall–Kier alpha value is -0.533. The molecule has 2 heteroatoms. The van der Waals surface area contributed by atoms with Crippen LogP contribution in [0.25, 0.3) is 6.08 Å². The van der Waals surface area contributed by atoms with Crippen LogP contribution in [-0.2, 0) is 0 Å². The van der Waals surface area contributed by atoms with Gasteiger partial charge in [0.05, 0.1) is 0 Å². The van der Waals surface area contributed by atoms with E-state index in [1.54, 1.807) is 0 Å². The SMILES string of the molecule is Cl[SiH2]CCC1C=Cc2ccccc21. The summed E-state index contributed by atoms with van der Waals surface area (Å²) >= 11 is 5.82. The zero-order valence-electron chi connectivity index (χ0n) is 7.54. The minimum atomic E-state index is -0.282. The third kappa shape index (κ3) is 1.87. The maximum absolute atomic E-state index is 5.82. The van der Waals surface area contributed by atoms with Gasteiger partial charge in [-0.25, -0.2) is 0 Å². The largest absolute Gasteiger partial charge is 0.176 e. The zero-order valence-corrected chi connectivity index (χ0v) is 9.71. The number of halogens is 1. The molecule has 1 aliphatic rings. The van der Waals surface area contributed by atoms with Crippen molar-refractivity contribution in [2.24, 2.45) is 0 Å². The first kappa shape index (κ1) is 9.04. The van der Waals surface area contributed by atoms with Crippen molar-refractivity contribution < 1.29 is 0 Å². The fourth-order valence-electron chi connectivity index (χ4n) is 1.87. The molecule has 13 heavy (non-hydrogen) atoms. The molecular weight excluding hydrogens is 196 g/mol. The predicted molar refractivity (Wildman–Crippen MR) is 62.0 cm³/mol. The summed E-state index contributed by atoms with van der Waals surface area (Å²) in [7, 11) is -0.282. The van der Waals surface area contributed by atoms with Gasteiger partial charge in [0.25, 0.3) is 0 Å². The topological polar surface area (TPSA) is 0 Å². The summed E-state index contributed by atoms with van der Waals surface area (Å²) in [5, 5.41) is 0. The van der Waals surface area contributed by atoms with Crippen molar-refractivity contribution in [1.82, 2.24) is 0 Å². The van der Waals surface area contributed by atoms with Crippen LogP contribution in [0.1, 0.15) is 23.5 Å². The first-order chi connectivity index (χ1) is 6.42. The molecule has 1 aliphatic carbocycles. The number of benzene rings is 1. The Balaban J connectivity index is 2.14. The van der Waals surface area contributed by atoms with Gasteiger partial charge in [0.1, 0.15) is 8.83 Å². The van der Waals surface area contributed by atoms with Crippen molar-refractivity contribution in [2.75, 3.05) is 0 Å². The number of fused-ring (bicyclic) bond motifs is 1. The van der Waals surface area contributed by atoms with Gasteiger partial charge >= 0.3 is 0 Å². The molecule has 0 bridgehead atoms. The average molecular weight is 209 g/mol. The fourth-order valence-corrected chi connectivity index (χ4v) is 2.93. The highest BCUT2D eigenvalue weighted by Crippen LogP contribution is 2.32. The second-order valence-corrected chi connectivity index (χ2v) is 5.64. The van der Waals surface area contributed by atoms with Crippen molar-refractivity contribution in [3.05, 3.63) is 41.5 Å². The van der Waals surface area contributed by atoms with E-state index in [1.807, 2.05) is 0 Å². The van der Waals surface area contributed by atoms with Gasteiger partial charge in [0.2, 0.25) is 0 Å². The van der Waals surface area contributed by atoms with Crippen LogP contribution in [0.5, 0.6) is 0 Å². The molecule has 0 fully saturated rings. The summed E-state index contributed by atoms with van der Waals surface area (Å²) < 4.78 is 0. The second-order valence-electron chi connectivity index (χ2n) is 3.43. The van der Waals surface area contributed by atoms with Crippen molar-refractivity contribution in [2.45, 2.75) is 18.4 Å². The van der Waals surface area contributed by atoms with E-state index in [-0.39, 0.29) is 8.83 Å². The lowest BCUT2D eigenvalue weighted by Gasteiger charge is -2.08. The maximum atomic E-state index is 5.82.